The minimum absolute atomic E-state index is 0.351. The van der Waals surface area contributed by atoms with Crippen LogP contribution >= 0.6 is 0 Å². The van der Waals surface area contributed by atoms with E-state index < -0.39 is 0 Å². The topological polar surface area (TPSA) is 70.1 Å². The Labute approximate surface area is 125 Å². The summed E-state index contributed by atoms with van der Waals surface area (Å²) in [5, 5.41) is 17.3. The lowest BCUT2D eigenvalue weighted by Gasteiger charge is -2.14. The quantitative estimate of drug-likeness (QED) is 0.696. The van der Waals surface area contributed by atoms with Crippen LogP contribution in [0.2, 0.25) is 0 Å². The Kier molecular flexibility index (Phi) is 5.75. The molecule has 1 heterocycles. The van der Waals surface area contributed by atoms with Crippen molar-refractivity contribution in [3.05, 3.63) is 24.3 Å². The largest absolute Gasteiger partial charge is 0.391 e. The van der Waals surface area contributed by atoms with Crippen molar-refractivity contribution < 1.29 is 5.11 Å². The molecule has 0 radical (unpaired) electrons. The number of para-hydroxylation sites is 1. The highest BCUT2D eigenvalue weighted by molar-refractivity contribution is 5.90. The van der Waals surface area contributed by atoms with Crippen molar-refractivity contribution >= 4 is 22.7 Å². The molecule has 21 heavy (non-hydrogen) atoms. The molecule has 3 N–H and O–H groups in total. The van der Waals surface area contributed by atoms with Gasteiger partial charge in [0.1, 0.15) is 5.82 Å². The van der Waals surface area contributed by atoms with Crippen LogP contribution in [-0.2, 0) is 0 Å². The summed E-state index contributed by atoms with van der Waals surface area (Å²) in [5.41, 5.74) is 0.901. The number of hydrogen-bond acceptors (Lipinski definition) is 5. The molecule has 0 amide bonds. The average Bonchev–Trinajstić information content (AvgIpc) is 2.51. The van der Waals surface area contributed by atoms with Crippen LogP contribution in [0.5, 0.6) is 0 Å². The van der Waals surface area contributed by atoms with Crippen LogP contribution in [0.4, 0.5) is 11.8 Å². The Hall–Kier alpha value is -1.88. The fourth-order valence-electron chi connectivity index (χ4n) is 2.18. The van der Waals surface area contributed by atoms with Gasteiger partial charge in [-0.2, -0.15) is 4.98 Å². The zero-order valence-electron chi connectivity index (χ0n) is 12.8. The summed E-state index contributed by atoms with van der Waals surface area (Å²) in [4.78, 5) is 9.04. The number of anilines is 2. The molecule has 0 aliphatic heterocycles. The highest BCUT2D eigenvalue weighted by atomic mass is 16.3. The summed E-state index contributed by atoms with van der Waals surface area (Å²) < 4.78 is 0. The summed E-state index contributed by atoms with van der Waals surface area (Å²) in [5.74, 6) is 1.40. The molecule has 0 aliphatic rings. The van der Waals surface area contributed by atoms with Crippen LogP contribution in [0.25, 0.3) is 10.9 Å². The first kappa shape index (κ1) is 15.5. The van der Waals surface area contributed by atoms with E-state index in [1.807, 2.05) is 24.3 Å². The molecule has 2 rings (SSSR count). The summed E-state index contributed by atoms with van der Waals surface area (Å²) in [6.45, 7) is 5.52. The molecule has 1 atom stereocenters. The van der Waals surface area contributed by atoms with E-state index in [0.29, 0.717) is 12.5 Å². The molecule has 1 aromatic carbocycles. The average molecular weight is 288 g/mol. The van der Waals surface area contributed by atoms with Crippen molar-refractivity contribution in [1.29, 1.82) is 0 Å². The molecule has 5 heteroatoms. The van der Waals surface area contributed by atoms with E-state index in [-0.39, 0.29) is 6.10 Å². The second kappa shape index (κ2) is 7.78. The smallest absolute Gasteiger partial charge is 0.225 e. The van der Waals surface area contributed by atoms with Crippen molar-refractivity contribution in [1.82, 2.24) is 9.97 Å². The second-order valence-electron chi connectivity index (χ2n) is 5.16. The van der Waals surface area contributed by atoms with E-state index >= 15 is 0 Å². The minimum atomic E-state index is -0.351. The lowest BCUT2D eigenvalue weighted by atomic mass is 10.2. The highest BCUT2D eigenvalue weighted by Gasteiger charge is 2.09. The van der Waals surface area contributed by atoms with Crippen molar-refractivity contribution in [2.75, 3.05) is 23.7 Å². The molecule has 1 aromatic heterocycles. The maximum atomic E-state index is 9.87. The molecule has 114 valence electrons. The van der Waals surface area contributed by atoms with Gasteiger partial charge in [0.25, 0.3) is 0 Å². The maximum Gasteiger partial charge on any atom is 0.225 e. The first-order chi connectivity index (χ1) is 10.2. The third kappa shape index (κ3) is 4.29. The fraction of sp³-hybridized carbons (Fsp3) is 0.500. The summed E-state index contributed by atoms with van der Waals surface area (Å²) in [7, 11) is 0. The molecule has 0 saturated carbocycles. The number of nitrogens with one attached hydrogen (secondary N) is 2. The minimum Gasteiger partial charge on any atom is -0.391 e. The molecule has 0 saturated heterocycles. The zero-order chi connectivity index (χ0) is 15.1. The number of aliphatic hydroxyl groups excluding tert-OH is 1. The van der Waals surface area contributed by atoms with Gasteiger partial charge in [0.2, 0.25) is 5.95 Å². The monoisotopic (exact) mass is 288 g/mol. The van der Waals surface area contributed by atoms with Gasteiger partial charge < -0.3 is 15.7 Å². The molecule has 0 spiro atoms. The van der Waals surface area contributed by atoms with Crippen LogP contribution in [-0.4, -0.2) is 34.3 Å². The van der Waals surface area contributed by atoms with Crippen molar-refractivity contribution in [2.45, 2.75) is 39.2 Å². The predicted molar refractivity (Wildman–Crippen MR) is 87.7 cm³/mol. The van der Waals surface area contributed by atoms with E-state index in [9.17, 15) is 5.11 Å². The number of nitrogens with zero attached hydrogens (tertiary/aromatic N) is 2. The Bertz CT molecular complexity index is 573. The van der Waals surface area contributed by atoms with Crippen LogP contribution in [0.3, 0.4) is 0 Å². The molecule has 0 aliphatic carbocycles. The Morgan fingerprint density at radius 2 is 1.90 bits per heavy atom. The van der Waals surface area contributed by atoms with Gasteiger partial charge in [-0.05, 0) is 25.0 Å². The molecular formula is C16H24N4O. The van der Waals surface area contributed by atoms with Gasteiger partial charge in [-0.15, -0.1) is 0 Å². The first-order valence-electron chi connectivity index (χ1n) is 7.67. The Morgan fingerprint density at radius 3 is 2.67 bits per heavy atom. The third-order valence-electron chi connectivity index (χ3n) is 3.26. The van der Waals surface area contributed by atoms with E-state index in [1.54, 1.807) is 0 Å². The standard InChI is InChI=1S/C16H24N4O/c1-3-7-12(21)11-18-15-13-8-5-6-9-14(13)19-16(20-15)17-10-4-2/h5-6,8-9,12,21H,3-4,7,10-11H2,1-2H3,(H2,17,18,19,20). The summed E-state index contributed by atoms with van der Waals surface area (Å²) >= 11 is 0. The first-order valence-corrected chi connectivity index (χ1v) is 7.67. The van der Waals surface area contributed by atoms with Gasteiger partial charge in [0.15, 0.2) is 0 Å². The Morgan fingerprint density at radius 1 is 1.10 bits per heavy atom. The number of fused-ring (bicyclic) bond motifs is 1. The summed E-state index contributed by atoms with van der Waals surface area (Å²) in [6, 6.07) is 7.91. The fourth-order valence-corrected chi connectivity index (χ4v) is 2.18. The van der Waals surface area contributed by atoms with Crippen LogP contribution in [0.1, 0.15) is 33.1 Å². The van der Waals surface area contributed by atoms with E-state index in [2.05, 4.69) is 34.4 Å². The highest BCUT2D eigenvalue weighted by Crippen LogP contribution is 2.21. The van der Waals surface area contributed by atoms with Gasteiger partial charge >= 0.3 is 0 Å². The van der Waals surface area contributed by atoms with Gasteiger partial charge in [0.05, 0.1) is 11.6 Å². The van der Waals surface area contributed by atoms with Gasteiger partial charge in [-0.1, -0.05) is 32.4 Å². The lowest BCUT2D eigenvalue weighted by Crippen LogP contribution is -2.20. The number of aromatic nitrogens is 2. The number of aliphatic hydroxyl groups is 1. The predicted octanol–water partition coefficient (Wildman–Crippen LogP) is 3.02. The van der Waals surface area contributed by atoms with Crippen molar-refractivity contribution in [3.8, 4) is 0 Å². The van der Waals surface area contributed by atoms with Gasteiger partial charge in [-0.25, -0.2) is 4.98 Å². The number of hydrogen-bond donors (Lipinski definition) is 3. The van der Waals surface area contributed by atoms with E-state index in [4.69, 9.17) is 0 Å². The normalized spacial score (nSPS) is 12.3. The second-order valence-corrected chi connectivity index (χ2v) is 5.16. The molecular weight excluding hydrogens is 264 g/mol. The zero-order valence-corrected chi connectivity index (χ0v) is 12.8. The van der Waals surface area contributed by atoms with Crippen LogP contribution < -0.4 is 10.6 Å². The lowest BCUT2D eigenvalue weighted by molar-refractivity contribution is 0.176. The maximum absolute atomic E-state index is 9.87. The van der Waals surface area contributed by atoms with Crippen molar-refractivity contribution in [2.24, 2.45) is 0 Å². The molecule has 5 nitrogen and oxygen atoms in total. The number of benzene rings is 1. The molecule has 1 unspecified atom stereocenters. The third-order valence-corrected chi connectivity index (χ3v) is 3.26. The number of rotatable bonds is 8. The summed E-state index contributed by atoms with van der Waals surface area (Å²) in [6.07, 6.45) is 2.43. The Balaban J connectivity index is 2.22. The molecule has 0 fully saturated rings. The van der Waals surface area contributed by atoms with Crippen LogP contribution in [0, 0.1) is 0 Å². The molecule has 2 aromatic rings. The van der Waals surface area contributed by atoms with E-state index in [1.165, 1.54) is 0 Å². The van der Waals surface area contributed by atoms with Gasteiger partial charge in [-0.3, -0.25) is 0 Å². The van der Waals surface area contributed by atoms with Gasteiger partial charge in [0, 0.05) is 18.5 Å². The van der Waals surface area contributed by atoms with E-state index in [0.717, 1.165) is 42.5 Å². The molecule has 0 bridgehead atoms. The van der Waals surface area contributed by atoms with Crippen molar-refractivity contribution in [3.63, 3.8) is 0 Å². The SMILES string of the molecule is CCCNc1nc(NCC(O)CCC)c2ccccc2n1. The van der Waals surface area contributed by atoms with Crippen LogP contribution in [0.15, 0.2) is 24.3 Å².